The highest BCUT2D eigenvalue weighted by Crippen LogP contribution is 2.39. The molecule has 0 aromatic heterocycles. The topological polar surface area (TPSA) is 651 Å². The minimum Gasteiger partial charge on any atom is -0.394 e. The van der Waals surface area contributed by atoms with Gasteiger partial charge in [-0.3, -0.25) is 14.4 Å². The maximum Gasteiger partial charge on any atom is 0.217 e. The molecule has 40 atom stereocenters. The van der Waals surface area contributed by atoms with Crippen molar-refractivity contribution in [1.29, 1.82) is 0 Å². The van der Waals surface area contributed by atoms with Gasteiger partial charge in [-0.25, -0.2) is 0 Å². The zero-order chi connectivity index (χ0) is 70.8. The predicted molar refractivity (Wildman–Crippen MR) is 296 cm³/mol. The lowest BCUT2D eigenvalue weighted by atomic mass is 9.93. The van der Waals surface area contributed by atoms with Crippen LogP contribution >= 0.6 is 0 Å². The number of ether oxygens (including phenoxy) is 15. The maximum atomic E-state index is 13.2. The van der Waals surface area contributed by atoms with Crippen LogP contribution in [0.1, 0.15) is 34.6 Å². The smallest absolute Gasteiger partial charge is 0.217 e. The van der Waals surface area contributed by atoms with Gasteiger partial charge >= 0.3 is 0 Å². The van der Waals surface area contributed by atoms with Gasteiger partial charge in [0.1, 0.15) is 183 Å². The van der Waals surface area contributed by atoms with Gasteiger partial charge in [0.25, 0.3) is 0 Å². The number of hydrogen-bond donors (Lipinski definition) is 24. The average molecular weight is 1410 g/mol. The SMILES string of the molecule is CC(=O)N[C@@H]1[C@@H](O)[C@H](O[C@@H]2O[C@H](CO)[C@@H](O[C@@H]3O[C@H](CO[C@H]4O[C@H](CO)[C@@H](O)[C@H](O)[C@@H]4O[C@@H]4O[C@H](CO)[C@@H](O[C@@H]5O[C@H](CO)[C@H](O)[C@H](O)[C@H]5O)[C@H](O[C@@H]5O[C@@H](C)[C@@H](O)[C@@H](O)[C@@H]5O)[C@H]4NC(C)=O)[C@@H](O)[C@H](O)[C@@H]3O)[C@H](O)[C@H]2NC(C)=O)[C@@H](CO[C@@H]2O[C@@H](C)[C@@H](O)[C@@H](O)[C@@H]2O)O[C@H]1O. The summed E-state index contributed by atoms with van der Waals surface area (Å²) in [6, 6.07) is -5.35. The fourth-order valence-electron chi connectivity index (χ4n) is 12.4. The van der Waals surface area contributed by atoms with Crippen molar-refractivity contribution in [1.82, 2.24) is 16.0 Å². The van der Waals surface area contributed by atoms with Gasteiger partial charge in [0.05, 0.1) is 51.8 Å². The van der Waals surface area contributed by atoms with Crippen LogP contribution in [0, 0.1) is 0 Å². The van der Waals surface area contributed by atoms with Gasteiger partial charge in [-0.1, -0.05) is 0 Å². The van der Waals surface area contributed by atoms with Crippen molar-refractivity contribution < 1.29 is 193 Å². The molecule has 0 aromatic carbocycles. The van der Waals surface area contributed by atoms with E-state index in [0.29, 0.717) is 0 Å². The third-order valence-corrected chi connectivity index (χ3v) is 17.7. The number of rotatable bonds is 23. The van der Waals surface area contributed by atoms with E-state index in [-0.39, 0.29) is 0 Å². The minimum absolute atomic E-state index is 0.757. The number of amides is 3. The molecule has 0 aliphatic carbocycles. The molecule has 0 bridgehead atoms. The molecule has 8 fully saturated rings. The van der Waals surface area contributed by atoms with Gasteiger partial charge in [-0.05, 0) is 13.8 Å². The Kier molecular flexibility index (Phi) is 27.7. The second kappa shape index (κ2) is 33.8. The average Bonchev–Trinajstić information content (AvgIpc) is 0.771. The molecule has 3 amide bonds. The Hall–Kier alpha value is -3.03. The summed E-state index contributed by atoms with van der Waals surface area (Å²) in [5.41, 5.74) is 0. The summed E-state index contributed by atoms with van der Waals surface area (Å²) in [6.45, 7) is -0.322. The van der Waals surface area contributed by atoms with Crippen molar-refractivity contribution in [3.05, 3.63) is 0 Å². The van der Waals surface area contributed by atoms with Crippen molar-refractivity contribution >= 4 is 17.7 Å². The quantitative estimate of drug-likeness (QED) is 0.0452. The largest absolute Gasteiger partial charge is 0.394 e. The minimum atomic E-state index is -2.26. The van der Waals surface area contributed by atoms with Gasteiger partial charge in [0.2, 0.25) is 17.7 Å². The Morgan fingerprint density at radius 3 is 1.16 bits per heavy atom. The van der Waals surface area contributed by atoms with E-state index >= 15 is 0 Å². The number of carbonyl (C=O) groups is 3. The molecular formula is C54H91N3O39. The lowest BCUT2D eigenvalue weighted by Gasteiger charge is -2.51. The highest BCUT2D eigenvalue weighted by Gasteiger charge is 2.59. The molecule has 8 rings (SSSR count). The van der Waals surface area contributed by atoms with Crippen LogP contribution in [-0.2, 0) is 85.4 Å². The molecule has 42 nitrogen and oxygen atoms in total. The normalized spacial score (nSPS) is 50.3. The Labute approximate surface area is 545 Å². The van der Waals surface area contributed by atoms with Crippen LogP contribution in [0.2, 0.25) is 0 Å². The van der Waals surface area contributed by atoms with E-state index in [4.69, 9.17) is 71.1 Å². The van der Waals surface area contributed by atoms with Gasteiger partial charge in [-0.15, -0.1) is 0 Å². The summed E-state index contributed by atoms with van der Waals surface area (Å²) < 4.78 is 88.4. The van der Waals surface area contributed by atoms with Crippen LogP contribution in [0.5, 0.6) is 0 Å². The number of aliphatic hydroxyl groups is 21. The maximum absolute atomic E-state index is 13.2. The molecule has 8 saturated heterocycles. The molecule has 0 unspecified atom stereocenters. The standard InChI is InChI=1S/C54H91N3O39/c1-12-26(65)33(72)38(77)50(84-12)82-11-22-43(31(70)23(47(81)86-22)55-14(3)62)92-48-24(56-15(4)63)32(71)42(19(8-60)89-48)93-53-41(80)36(75)30(69)21(91-53)10-83-54-46(37(76)29(68)18(7-59)88-54)96-49-25(57-16(5)64)45(95-51-39(78)34(73)27(66)13(2)85-51)44(20(9-61)90-49)94-52-40(79)35(74)28(67)17(6-58)87-52/h12-13,17-54,58-61,65-81H,6-11H2,1-5H3,(H,55,62)(H,56,63)(H,57,64)/t12-,13-,17+,18+,19+,20+,21+,22+,23+,24+,25+,26+,27+,28-,29+,30+,31+,32+,33+,34+,35-,36-,37-,38-,39-,40+,41-,42+,43+,44+,45+,46-,47+,48-,49-,50+,51-,52-,53-,54-/m0/s1. The summed E-state index contributed by atoms with van der Waals surface area (Å²) in [4.78, 5) is 38.2. The molecule has 24 N–H and O–H groups in total. The number of nitrogens with one attached hydrogen (secondary N) is 3. The number of hydrogen-bond acceptors (Lipinski definition) is 39. The van der Waals surface area contributed by atoms with Gasteiger partial charge in [-0.2, -0.15) is 0 Å². The van der Waals surface area contributed by atoms with Gasteiger partial charge in [0.15, 0.2) is 50.3 Å². The third kappa shape index (κ3) is 17.2. The second-order valence-electron chi connectivity index (χ2n) is 24.6. The molecule has 8 aliphatic heterocycles. The fraction of sp³-hybridized carbons (Fsp3) is 0.944. The molecule has 0 spiro atoms. The van der Waals surface area contributed by atoms with E-state index in [1.54, 1.807) is 0 Å². The first-order chi connectivity index (χ1) is 45.3. The van der Waals surface area contributed by atoms with Crippen LogP contribution in [0.4, 0.5) is 0 Å². The van der Waals surface area contributed by atoms with E-state index in [9.17, 15) is 122 Å². The van der Waals surface area contributed by atoms with E-state index in [0.717, 1.165) is 20.8 Å². The fourth-order valence-corrected chi connectivity index (χ4v) is 12.4. The van der Waals surface area contributed by atoms with Crippen molar-refractivity contribution in [2.45, 2.75) is 280 Å². The van der Waals surface area contributed by atoms with Crippen LogP contribution in [0.25, 0.3) is 0 Å². The predicted octanol–water partition coefficient (Wildman–Crippen LogP) is -16.0. The Morgan fingerprint density at radius 2 is 0.625 bits per heavy atom. The summed E-state index contributed by atoms with van der Waals surface area (Å²) in [5.74, 6) is -2.57. The third-order valence-electron chi connectivity index (χ3n) is 17.7. The molecule has 8 heterocycles. The molecule has 96 heavy (non-hydrogen) atoms. The first kappa shape index (κ1) is 78.7. The molecule has 42 heteroatoms. The Morgan fingerprint density at radius 1 is 0.292 bits per heavy atom. The zero-order valence-electron chi connectivity index (χ0n) is 52.1. The molecule has 8 aliphatic rings. The zero-order valence-corrected chi connectivity index (χ0v) is 52.1. The molecular weight excluding hydrogens is 1310 g/mol. The summed E-state index contributed by atoms with van der Waals surface area (Å²) >= 11 is 0. The summed E-state index contributed by atoms with van der Waals surface area (Å²) in [6.07, 6.45) is -70.5. The highest BCUT2D eigenvalue weighted by atomic mass is 16.8. The lowest BCUT2D eigenvalue weighted by molar-refractivity contribution is -0.391. The Balaban J connectivity index is 1.03. The van der Waals surface area contributed by atoms with Crippen molar-refractivity contribution in [2.24, 2.45) is 0 Å². The van der Waals surface area contributed by atoms with Gasteiger partial charge in [0, 0.05) is 20.8 Å². The number of aliphatic hydroxyl groups excluding tert-OH is 21. The molecule has 556 valence electrons. The lowest BCUT2D eigenvalue weighted by Crippen LogP contribution is -2.71. The highest BCUT2D eigenvalue weighted by molar-refractivity contribution is 5.74. The van der Waals surface area contributed by atoms with E-state index in [2.05, 4.69) is 16.0 Å². The van der Waals surface area contributed by atoms with Crippen LogP contribution in [-0.4, -0.2) is 410 Å². The van der Waals surface area contributed by atoms with Crippen molar-refractivity contribution in [2.75, 3.05) is 39.6 Å². The van der Waals surface area contributed by atoms with Crippen LogP contribution in [0.15, 0.2) is 0 Å². The first-order valence-corrected chi connectivity index (χ1v) is 30.8. The monoisotopic (exact) mass is 1410 g/mol. The molecule has 0 radical (unpaired) electrons. The molecule has 0 aromatic rings. The Bertz CT molecular complexity index is 2470. The van der Waals surface area contributed by atoms with E-state index in [1.807, 2.05) is 0 Å². The van der Waals surface area contributed by atoms with E-state index in [1.165, 1.54) is 13.8 Å². The molecule has 0 saturated carbocycles. The number of carbonyl (C=O) groups excluding carboxylic acids is 3. The van der Waals surface area contributed by atoms with Gasteiger partial charge < -0.3 is 194 Å². The van der Waals surface area contributed by atoms with Crippen LogP contribution in [0.3, 0.4) is 0 Å². The van der Waals surface area contributed by atoms with Crippen molar-refractivity contribution in [3.8, 4) is 0 Å². The first-order valence-electron chi connectivity index (χ1n) is 30.8. The van der Waals surface area contributed by atoms with E-state index < -0.39 is 303 Å². The summed E-state index contributed by atoms with van der Waals surface area (Å²) in [5, 5.41) is 236. The summed E-state index contributed by atoms with van der Waals surface area (Å²) in [7, 11) is 0. The van der Waals surface area contributed by atoms with Crippen LogP contribution < -0.4 is 16.0 Å². The van der Waals surface area contributed by atoms with Crippen molar-refractivity contribution in [3.63, 3.8) is 0 Å². The second-order valence-corrected chi connectivity index (χ2v) is 24.6.